The number of carbonyl (C=O) groups excluding carboxylic acids is 1. The zero-order valence-electron chi connectivity index (χ0n) is 14.5. The van der Waals surface area contributed by atoms with Gasteiger partial charge in [-0.25, -0.2) is 12.8 Å². The molecule has 4 nitrogen and oxygen atoms in total. The summed E-state index contributed by atoms with van der Waals surface area (Å²) in [6, 6.07) is 5.34. The van der Waals surface area contributed by atoms with E-state index < -0.39 is 26.8 Å². The van der Waals surface area contributed by atoms with Crippen LogP contribution in [0.1, 0.15) is 45.6 Å². The van der Waals surface area contributed by atoms with Gasteiger partial charge in [0, 0.05) is 6.04 Å². The summed E-state index contributed by atoms with van der Waals surface area (Å²) in [7, 11) is -3.64. The maximum Gasteiger partial charge on any atom is 0.238 e. The van der Waals surface area contributed by atoms with Crippen molar-refractivity contribution < 1.29 is 17.6 Å². The molecule has 1 aliphatic rings. The second kappa shape index (κ2) is 7.64. The molecule has 24 heavy (non-hydrogen) atoms. The van der Waals surface area contributed by atoms with Crippen molar-refractivity contribution in [1.29, 1.82) is 0 Å². The van der Waals surface area contributed by atoms with Crippen molar-refractivity contribution >= 4 is 15.7 Å². The smallest absolute Gasteiger partial charge is 0.238 e. The van der Waals surface area contributed by atoms with E-state index in [2.05, 4.69) is 19.2 Å². The first-order valence-electron chi connectivity index (χ1n) is 8.47. The first-order chi connectivity index (χ1) is 11.2. The molecule has 2 rings (SSSR count). The Morgan fingerprint density at radius 1 is 1.25 bits per heavy atom. The van der Waals surface area contributed by atoms with Crippen LogP contribution >= 0.6 is 0 Å². The highest BCUT2D eigenvalue weighted by Gasteiger charge is 2.33. The van der Waals surface area contributed by atoms with E-state index in [1.165, 1.54) is 31.2 Å². The fourth-order valence-electron chi connectivity index (χ4n) is 3.19. The highest BCUT2D eigenvalue weighted by atomic mass is 32.2. The van der Waals surface area contributed by atoms with Gasteiger partial charge in [-0.3, -0.25) is 4.79 Å². The van der Waals surface area contributed by atoms with Gasteiger partial charge >= 0.3 is 0 Å². The van der Waals surface area contributed by atoms with Crippen LogP contribution in [0.4, 0.5) is 4.39 Å². The fraction of sp³-hybridized carbons (Fsp3) is 0.611. The molecule has 0 radical (unpaired) electrons. The molecule has 6 heteroatoms. The number of halogens is 1. The third-order valence-corrected chi connectivity index (χ3v) is 7.25. The van der Waals surface area contributed by atoms with Gasteiger partial charge in [-0.2, -0.15) is 0 Å². The first kappa shape index (κ1) is 18.9. The Balaban J connectivity index is 2.01. The predicted molar refractivity (Wildman–Crippen MR) is 92.6 cm³/mol. The lowest BCUT2D eigenvalue weighted by Gasteiger charge is -2.35. The van der Waals surface area contributed by atoms with Crippen molar-refractivity contribution in [3.63, 3.8) is 0 Å². The molecule has 134 valence electrons. The van der Waals surface area contributed by atoms with Crippen LogP contribution in [-0.4, -0.2) is 25.6 Å². The average molecular weight is 355 g/mol. The Morgan fingerprint density at radius 3 is 2.50 bits per heavy atom. The molecule has 0 spiro atoms. The Morgan fingerprint density at radius 2 is 1.88 bits per heavy atom. The van der Waals surface area contributed by atoms with Gasteiger partial charge in [0.25, 0.3) is 0 Å². The van der Waals surface area contributed by atoms with E-state index in [0.717, 1.165) is 19.3 Å². The number of rotatable bonds is 5. The number of benzene rings is 1. The van der Waals surface area contributed by atoms with Gasteiger partial charge in [-0.1, -0.05) is 38.8 Å². The van der Waals surface area contributed by atoms with Crippen LogP contribution in [0.15, 0.2) is 24.3 Å². The SMILES string of the molecule is C[C@@H]1[C@H](C)CCC[C@@H]1NC(=O)[C@H](C)S(=O)(=O)Cc1ccc(F)cc1. The van der Waals surface area contributed by atoms with Gasteiger partial charge in [0.2, 0.25) is 5.91 Å². The van der Waals surface area contributed by atoms with E-state index in [4.69, 9.17) is 0 Å². The van der Waals surface area contributed by atoms with E-state index in [-0.39, 0.29) is 11.8 Å². The van der Waals surface area contributed by atoms with Crippen molar-refractivity contribution in [3.05, 3.63) is 35.6 Å². The van der Waals surface area contributed by atoms with Crippen LogP contribution in [0.2, 0.25) is 0 Å². The molecular formula is C18H26FNO3S. The highest BCUT2D eigenvalue weighted by Crippen LogP contribution is 2.29. The maximum absolute atomic E-state index is 12.9. The van der Waals surface area contributed by atoms with Crippen LogP contribution in [0, 0.1) is 17.7 Å². The van der Waals surface area contributed by atoms with Gasteiger partial charge in [-0.15, -0.1) is 0 Å². The Bertz CT molecular complexity index is 672. The van der Waals surface area contributed by atoms with Crippen LogP contribution in [0.25, 0.3) is 0 Å². The summed E-state index contributed by atoms with van der Waals surface area (Å²) in [4.78, 5) is 12.4. The molecule has 1 N–H and O–H groups in total. The van der Waals surface area contributed by atoms with Gasteiger partial charge in [0.1, 0.15) is 11.1 Å². The zero-order chi connectivity index (χ0) is 17.9. The second-order valence-electron chi connectivity index (χ2n) is 6.96. The van der Waals surface area contributed by atoms with Crippen LogP contribution < -0.4 is 5.32 Å². The summed E-state index contributed by atoms with van der Waals surface area (Å²) in [5, 5.41) is 1.80. The van der Waals surface area contributed by atoms with E-state index in [9.17, 15) is 17.6 Å². The van der Waals surface area contributed by atoms with E-state index >= 15 is 0 Å². The number of hydrogen-bond acceptors (Lipinski definition) is 3. The van der Waals surface area contributed by atoms with Crippen LogP contribution in [0.3, 0.4) is 0 Å². The Labute approximate surface area is 143 Å². The molecule has 1 aromatic carbocycles. The molecular weight excluding hydrogens is 329 g/mol. The zero-order valence-corrected chi connectivity index (χ0v) is 15.3. The molecule has 1 aliphatic carbocycles. The molecule has 1 aromatic rings. The quantitative estimate of drug-likeness (QED) is 0.883. The van der Waals surface area contributed by atoms with Crippen molar-refractivity contribution in [2.45, 2.75) is 57.1 Å². The van der Waals surface area contributed by atoms with Gasteiger partial charge in [-0.05, 0) is 42.9 Å². The van der Waals surface area contributed by atoms with E-state index in [1.807, 2.05) is 0 Å². The minimum absolute atomic E-state index is 0.0321. The maximum atomic E-state index is 12.9. The standard InChI is InChI=1S/C18H26FNO3S/c1-12-5-4-6-17(13(12)2)20-18(21)14(3)24(22,23)11-15-7-9-16(19)10-8-15/h7-10,12-14,17H,4-6,11H2,1-3H3,(H,20,21)/t12-,13-,14+,17+/m1/s1. The Hall–Kier alpha value is -1.43. The number of hydrogen-bond donors (Lipinski definition) is 1. The largest absolute Gasteiger partial charge is 0.352 e. The summed E-state index contributed by atoms with van der Waals surface area (Å²) in [5.41, 5.74) is 0.482. The minimum Gasteiger partial charge on any atom is -0.352 e. The molecule has 0 aromatic heterocycles. The lowest BCUT2D eigenvalue weighted by Crippen LogP contribution is -2.48. The van der Waals surface area contributed by atoms with Crippen LogP contribution in [-0.2, 0) is 20.4 Å². The van der Waals surface area contributed by atoms with Crippen molar-refractivity contribution in [1.82, 2.24) is 5.32 Å². The summed E-state index contributed by atoms with van der Waals surface area (Å²) in [5.74, 6) is -0.256. The molecule has 1 saturated carbocycles. The third kappa shape index (κ3) is 4.56. The van der Waals surface area contributed by atoms with Crippen molar-refractivity contribution in [2.75, 3.05) is 0 Å². The first-order valence-corrected chi connectivity index (χ1v) is 10.2. The molecule has 0 unspecified atom stereocenters. The average Bonchev–Trinajstić information content (AvgIpc) is 2.53. The monoisotopic (exact) mass is 355 g/mol. The summed E-state index contributed by atoms with van der Waals surface area (Å²) in [6.07, 6.45) is 3.08. The molecule has 0 aliphatic heterocycles. The summed E-state index contributed by atoms with van der Waals surface area (Å²) >= 11 is 0. The third-order valence-electron chi connectivity index (χ3n) is 5.22. The van der Waals surface area contributed by atoms with E-state index in [0.29, 0.717) is 17.4 Å². The number of sulfone groups is 1. The molecule has 0 bridgehead atoms. The van der Waals surface area contributed by atoms with Crippen molar-refractivity contribution in [2.24, 2.45) is 11.8 Å². The molecule has 0 saturated heterocycles. The normalized spacial score (nSPS) is 25.9. The molecule has 1 fully saturated rings. The fourth-order valence-corrected chi connectivity index (χ4v) is 4.49. The van der Waals surface area contributed by atoms with Crippen LogP contribution in [0.5, 0.6) is 0 Å². The summed E-state index contributed by atoms with van der Waals surface area (Å²) < 4.78 is 37.8. The summed E-state index contributed by atoms with van der Waals surface area (Å²) in [6.45, 7) is 5.69. The number of nitrogens with one attached hydrogen (secondary N) is 1. The highest BCUT2D eigenvalue weighted by molar-refractivity contribution is 7.92. The molecule has 0 heterocycles. The second-order valence-corrected chi connectivity index (χ2v) is 9.28. The molecule has 4 atom stereocenters. The number of carbonyl (C=O) groups is 1. The lowest BCUT2D eigenvalue weighted by atomic mass is 9.78. The predicted octanol–water partition coefficient (Wildman–Crippen LogP) is 3.07. The van der Waals surface area contributed by atoms with E-state index in [1.54, 1.807) is 0 Å². The van der Waals surface area contributed by atoms with Gasteiger partial charge in [0.15, 0.2) is 9.84 Å². The Kier molecular flexibility index (Phi) is 6.01. The topological polar surface area (TPSA) is 63.2 Å². The van der Waals surface area contributed by atoms with Gasteiger partial charge < -0.3 is 5.32 Å². The number of amides is 1. The molecule has 1 amide bonds. The minimum atomic E-state index is -3.64. The van der Waals surface area contributed by atoms with Gasteiger partial charge in [0.05, 0.1) is 5.75 Å². The van der Waals surface area contributed by atoms with Crippen molar-refractivity contribution in [3.8, 4) is 0 Å². The lowest BCUT2D eigenvalue weighted by molar-refractivity contribution is -0.121.